The lowest BCUT2D eigenvalue weighted by atomic mass is 9.96. The van der Waals surface area contributed by atoms with Crippen molar-refractivity contribution >= 4 is 22.7 Å². The maximum atomic E-state index is 6.36. The molecule has 2 aromatic rings. The van der Waals surface area contributed by atoms with Gasteiger partial charge in [0.15, 0.2) is 11.5 Å². The molecule has 1 saturated heterocycles. The van der Waals surface area contributed by atoms with Gasteiger partial charge < -0.3 is 19.7 Å². The number of anilines is 2. The van der Waals surface area contributed by atoms with Crippen molar-refractivity contribution in [3.05, 3.63) is 12.1 Å². The standard InChI is InChI=1S/C25H36N4O2/c1-30-22-16-20-21(17-23(22)31-19-12-6-7-13-19)27-25(26-18-10-4-2-5-11-18)28-24(20)29-14-8-3-9-15-29/h16-19H,2-15H2,1H3,(H,26,27,28). The summed E-state index contributed by atoms with van der Waals surface area (Å²) in [5.41, 5.74) is 0.947. The Hall–Kier alpha value is -2.24. The molecule has 2 heterocycles. The summed E-state index contributed by atoms with van der Waals surface area (Å²) in [5, 5.41) is 4.71. The Labute approximate surface area is 185 Å². The minimum atomic E-state index is 0.287. The lowest BCUT2D eigenvalue weighted by molar-refractivity contribution is 0.201. The number of nitrogens with zero attached hydrogens (tertiary/aromatic N) is 3. The van der Waals surface area contributed by atoms with Gasteiger partial charge in [-0.2, -0.15) is 4.98 Å². The van der Waals surface area contributed by atoms with Crippen LogP contribution in [0.1, 0.15) is 77.0 Å². The number of fused-ring (bicyclic) bond motifs is 1. The quantitative estimate of drug-likeness (QED) is 0.642. The smallest absolute Gasteiger partial charge is 0.225 e. The second-order valence-electron chi connectivity index (χ2n) is 9.44. The van der Waals surface area contributed by atoms with E-state index in [1.165, 1.54) is 64.2 Å². The van der Waals surface area contributed by atoms with Crippen molar-refractivity contribution in [2.24, 2.45) is 0 Å². The molecule has 168 valence electrons. The van der Waals surface area contributed by atoms with Gasteiger partial charge in [0, 0.05) is 30.6 Å². The van der Waals surface area contributed by atoms with Gasteiger partial charge in [-0.25, -0.2) is 4.98 Å². The number of hydrogen-bond donors (Lipinski definition) is 1. The average molecular weight is 425 g/mol. The van der Waals surface area contributed by atoms with Crippen LogP contribution in [0.3, 0.4) is 0 Å². The van der Waals surface area contributed by atoms with E-state index in [4.69, 9.17) is 19.4 Å². The predicted octanol–water partition coefficient (Wildman–Crippen LogP) is 5.69. The topological polar surface area (TPSA) is 59.5 Å². The summed E-state index contributed by atoms with van der Waals surface area (Å²) < 4.78 is 12.1. The zero-order valence-electron chi connectivity index (χ0n) is 18.9. The van der Waals surface area contributed by atoms with Crippen LogP contribution in [0.15, 0.2) is 12.1 Å². The molecule has 0 unspecified atom stereocenters. The number of aromatic nitrogens is 2. The summed E-state index contributed by atoms with van der Waals surface area (Å²) in [6, 6.07) is 4.65. The minimum Gasteiger partial charge on any atom is -0.493 e. The number of benzene rings is 1. The van der Waals surface area contributed by atoms with Crippen LogP contribution in [0.2, 0.25) is 0 Å². The van der Waals surface area contributed by atoms with E-state index < -0.39 is 0 Å². The monoisotopic (exact) mass is 424 g/mol. The van der Waals surface area contributed by atoms with Gasteiger partial charge in [-0.1, -0.05) is 19.3 Å². The number of rotatable bonds is 6. The Balaban J connectivity index is 1.53. The number of hydrogen-bond acceptors (Lipinski definition) is 6. The molecule has 1 aliphatic heterocycles. The van der Waals surface area contributed by atoms with Crippen molar-refractivity contribution in [2.75, 3.05) is 30.4 Å². The second kappa shape index (κ2) is 9.49. The van der Waals surface area contributed by atoms with Crippen LogP contribution in [0, 0.1) is 0 Å². The maximum Gasteiger partial charge on any atom is 0.225 e. The highest BCUT2D eigenvalue weighted by Gasteiger charge is 2.23. The first-order valence-corrected chi connectivity index (χ1v) is 12.4. The molecule has 1 aromatic carbocycles. The van der Waals surface area contributed by atoms with Crippen LogP contribution in [-0.2, 0) is 0 Å². The highest BCUT2D eigenvalue weighted by molar-refractivity contribution is 5.93. The summed E-state index contributed by atoms with van der Waals surface area (Å²) in [5.74, 6) is 3.40. The summed E-state index contributed by atoms with van der Waals surface area (Å²) in [6.45, 7) is 2.11. The van der Waals surface area contributed by atoms with Gasteiger partial charge in [0.25, 0.3) is 0 Å². The zero-order chi connectivity index (χ0) is 21.0. The summed E-state index contributed by atoms with van der Waals surface area (Å²) in [4.78, 5) is 12.4. The molecule has 6 heteroatoms. The largest absolute Gasteiger partial charge is 0.493 e. The zero-order valence-corrected chi connectivity index (χ0v) is 18.9. The molecule has 31 heavy (non-hydrogen) atoms. The molecule has 0 amide bonds. The van der Waals surface area contributed by atoms with Crippen molar-refractivity contribution in [3.63, 3.8) is 0 Å². The first kappa shape index (κ1) is 20.7. The van der Waals surface area contributed by atoms with Crippen molar-refractivity contribution < 1.29 is 9.47 Å². The Morgan fingerprint density at radius 1 is 0.839 bits per heavy atom. The van der Waals surface area contributed by atoms with Crippen LogP contribution in [0.5, 0.6) is 11.5 Å². The van der Waals surface area contributed by atoms with Crippen molar-refractivity contribution in [1.29, 1.82) is 0 Å². The Bertz CT molecular complexity index is 885. The third-order valence-electron chi connectivity index (χ3n) is 7.15. The molecular formula is C25H36N4O2. The summed E-state index contributed by atoms with van der Waals surface area (Å²) in [6.07, 6.45) is 15.1. The molecule has 3 fully saturated rings. The van der Waals surface area contributed by atoms with Gasteiger partial charge in [0.1, 0.15) is 5.82 Å². The average Bonchev–Trinajstić information content (AvgIpc) is 3.32. The van der Waals surface area contributed by atoms with Gasteiger partial charge in [0.2, 0.25) is 5.95 Å². The van der Waals surface area contributed by atoms with E-state index in [0.717, 1.165) is 60.1 Å². The van der Waals surface area contributed by atoms with Gasteiger partial charge in [-0.3, -0.25) is 0 Å². The Morgan fingerprint density at radius 3 is 2.29 bits per heavy atom. The van der Waals surface area contributed by atoms with E-state index in [2.05, 4.69) is 22.3 Å². The number of methoxy groups -OCH3 is 1. The van der Waals surface area contributed by atoms with Gasteiger partial charge in [0.05, 0.1) is 18.7 Å². The third-order valence-corrected chi connectivity index (χ3v) is 7.15. The SMILES string of the molecule is COc1cc2c(N3CCCCC3)nc(NC3CCCCC3)nc2cc1OC1CCCC1. The van der Waals surface area contributed by atoms with Gasteiger partial charge in [-0.15, -0.1) is 0 Å². The molecular weight excluding hydrogens is 388 g/mol. The normalized spacial score (nSPS) is 20.9. The predicted molar refractivity (Wildman–Crippen MR) is 126 cm³/mol. The molecule has 1 aromatic heterocycles. The van der Waals surface area contributed by atoms with E-state index in [1.54, 1.807) is 7.11 Å². The lowest BCUT2D eigenvalue weighted by Gasteiger charge is -2.30. The number of nitrogens with one attached hydrogen (secondary N) is 1. The first-order chi connectivity index (χ1) is 15.3. The highest BCUT2D eigenvalue weighted by Crippen LogP contribution is 2.38. The van der Waals surface area contributed by atoms with E-state index in [9.17, 15) is 0 Å². The van der Waals surface area contributed by atoms with Crippen LogP contribution in [-0.4, -0.2) is 42.3 Å². The molecule has 0 radical (unpaired) electrons. The molecule has 0 bridgehead atoms. The van der Waals surface area contributed by atoms with E-state index >= 15 is 0 Å². The molecule has 2 aliphatic carbocycles. The molecule has 0 spiro atoms. The van der Waals surface area contributed by atoms with Gasteiger partial charge in [-0.05, 0) is 63.9 Å². The molecule has 1 N–H and O–H groups in total. The van der Waals surface area contributed by atoms with Crippen LogP contribution in [0.4, 0.5) is 11.8 Å². The van der Waals surface area contributed by atoms with Crippen LogP contribution < -0.4 is 19.7 Å². The highest BCUT2D eigenvalue weighted by atomic mass is 16.5. The molecule has 0 atom stereocenters. The number of ether oxygens (including phenoxy) is 2. The van der Waals surface area contributed by atoms with Crippen LogP contribution >= 0.6 is 0 Å². The molecule has 3 aliphatic rings. The number of piperidine rings is 1. The summed E-state index contributed by atoms with van der Waals surface area (Å²) >= 11 is 0. The second-order valence-corrected chi connectivity index (χ2v) is 9.44. The minimum absolute atomic E-state index is 0.287. The van der Waals surface area contributed by atoms with Gasteiger partial charge >= 0.3 is 0 Å². The Kier molecular flexibility index (Phi) is 6.32. The summed E-state index contributed by atoms with van der Waals surface area (Å²) in [7, 11) is 1.73. The lowest BCUT2D eigenvalue weighted by Crippen LogP contribution is -2.31. The van der Waals surface area contributed by atoms with Crippen molar-refractivity contribution in [3.8, 4) is 11.5 Å². The maximum absolute atomic E-state index is 6.36. The molecule has 5 rings (SSSR count). The fraction of sp³-hybridized carbons (Fsp3) is 0.680. The van der Waals surface area contributed by atoms with E-state index in [0.29, 0.717) is 6.04 Å². The Morgan fingerprint density at radius 2 is 1.55 bits per heavy atom. The first-order valence-electron chi connectivity index (χ1n) is 12.4. The molecule has 2 saturated carbocycles. The van der Waals surface area contributed by atoms with E-state index in [-0.39, 0.29) is 6.10 Å². The fourth-order valence-electron chi connectivity index (χ4n) is 5.40. The molecule has 6 nitrogen and oxygen atoms in total. The van der Waals surface area contributed by atoms with E-state index in [1.807, 2.05) is 0 Å². The third kappa shape index (κ3) is 4.68. The van der Waals surface area contributed by atoms with Crippen molar-refractivity contribution in [2.45, 2.75) is 89.2 Å². The van der Waals surface area contributed by atoms with Crippen LogP contribution in [0.25, 0.3) is 10.9 Å². The van der Waals surface area contributed by atoms with Crippen molar-refractivity contribution in [1.82, 2.24) is 9.97 Å². The fourth-order valence-corrected chi connectivity index (χ4v) is 5.40.